The van der Waals surface area contributed by atoms with E-state index in [1.165, 1.54) is 7.11 Å². The molecule has 4 nitrogen and oxygen atoms in total. The molecule has 0 radical (unpaired) electrons. The van der Waals surface area contributed by atoms with Gasteiger partial charge < -0.3 is 15.0 Å². The zero-order valence-corrected chi connectivity index (χ0v) is 13.1. The Morgan fingerprint density at radius 1 is 1.40 bits per heavy atom. The quantitative estimate of drug-likeness (QED) is 0.932. The number of nitrogens with zero attached hydrogens (tertiary/aromatic N) is 1. The van der Waals surface area contributed by atoms with Gasteiger partial charge in [0.1, 0.15) is 5.75 Å². The first kappa shape index (κ1) is 15.4. The highest BCUT2D eigenvalue weighted by atomic mass is 35.5. The number of hydrogen-bond acceptors (Lipinski definition) is 3. The van der Waals surface area contributed by atoms with Crippen LogP contribution in [0.4, 0.5) is 0 Å². The number of nitrogens with one attached hydrogen (secondary N) is 1. The lowest BCUT2D eigenvalue weighted by molar-refractivity contribution is 0.0695. The normalized spacial score (nSPS) is 19.0. The van der Waals surface area contributed by atoms with E-state index in [1.807, 2.05) is 11.9 Å². The smallest absolute Gasteiger partial charge is 0.257 e. The number of piperidine rings is 1. The molecule has 1 amide bonds. The average molecular weight is 317 g/mol. The molecule has 0 aromatic heterocycles. The van der Waals surface area contributed by atoms with E-state index in [2.05, 4.69) is 5.32 Å². The molecule has 110 valence electrons. The minimum atomic E-state index is -0.0691. The summed E-state index contributed by atoms with van der Waals surface area (Å²) in [6, 6.07) is 3.49. The molecule has 2 rings (SSSR count). The van der Waals surface area contributed by atoms with Crippen molar-refractivity contribution in [3.05, 3.63) is 27.7 Å². The molecule has 0 unspecified atom stereocenters. The summed E-state index contributed by atoms with van der Waals surface area (Å²) in [5.74, 6) is 0.386. The van der Waals surface area contributed by atoms with Crippen molar-refractivity contribution in [2.75, 3.05) is 27.2 Å². The van der Waals surface area contributed by atoms with Gasteiger partial charge in [-0.3, -0.25) is 4.79 Å². The van der Waals surface area contributed by atoms with Gasteiger partial charge in [-0.2, -0.15) is 0 Å². The third-order valence-electron chi connectivity index (χ3n) is 3.59. The molecule has 20 heavy (non-hydrogen) atoms. The monoisotopic (exact) mass is 316 g/mol. The fraction of sp³-hybridized carbons (Fsp3) is 0.500. The van der Waals surface area contributed by atoms with Crippen molar-refractivity contribution in [1.82, 2.24) is 10.2 Å². The molecule has 1 N–H and O–H groups in total. The van der Waals surface area contributed by atoms with Gasteiger partial charge in [-0.25, -0.2) is 0 Å². The largest absolute Gasteiger partial charge is 0.496 e. The van der Waals surface area contributed by atoms with Crippen LogP contribution < -0.4 is 10.1 Å². The number of likely N-dealkylation sites (tertiary alicyclic amines) is 1. The zero-order valence-electron chi connectivity index (χ0n) is 11.6. The van der Waals surface area contributed by atoms with Crippen molar-refractivity contribution in [3.8, 4) is 5.75 Å². The van der Waals surface area contributed by atoms with Gasteiger partial charge in [-0.15, -0.1) is 0 Å². The molecule has 0 saturated carbocycles. The van der Waals surface area contributed by atoms with E-state index in [9.17, 15) is 4.79 Å². The second-order valence-corrected chi connectivity index (χ2v) is 5.66. The summed E-state index contributed by atoms with van der Waals surface area (Å²) in [5.41, 5.74) is 0.457. The van der Waals surface area contributed by atoms with Crippen LogP contribution in [-0.2, 0) is 0 Å². The van der Waals surface area contributed by atoms with Gasteiger partial charge in [-0.1, -0.05) is 23.2 Å². The Kier molecular flexibility index (Phi) is 5.13. The number of carbonyl (C=O) groups excluding carboxylic acids is 1. The molecule has 0 aliphatic carbocycles. The summed E-state index contributed by atoms with van der Waals surface area (Å²) in [5, 5.41) is 3.96. The number of methoxy groups -OCH3 is 1. The van der Waals surface area contributed by atoms with E-state index in [0.29, 0.717) is 33.9 Å². The number of ether oxygens (including phenoxy) is 1. The molecule has 1 aromatic rings. The maximum absolute atomic E-state index is 12.6. The third-order valence-corrected chi connectivity index (χ3v) is 4.31. The summed E-state index contributed by atoms with van der Waals surface area (Å²) in [7, 11) is 3.43. The van der Waals surface area contributed by atoms with Crippen LogP contribution in [0.25, 0.3) is 0 Å². The van der Waals surface area contributed by atoms with Crippen LogP contribution in [0.1, 0.15) is 23.2 Å². The average Bonchev–Trinajstić information content (AvgIpc) is 2.48. The van der Waals surface area contributed by atoms with E-state index < -0.39 is 0 Å². The Morgan fingerprint density at radius 3 is 2.75 bits per heavy atom. The highest BCUT2D eigenvalue weighted by Crippen LogP contribution is 2.31. The van der Waals surface area contributed by atoms with E-state index in [-0.39, 0.29) is 5.91 Å². The lowest BCUT2D eigenvalue weighted by atomic mass is 10.0. The first-order chi connectivity index (χ1) is 9.56. The van der Waals surface area contributed by atoms with Gasteiger partial charge in [-0.05, 0) is 26.0 Å². The first-order valence-electron chi connectivity index (χ1n) is 6.56. The van der Waals surface area contributed by atoms with Crippen LogP contribution in [0.5, 0.6) is 5.75 Å². The molecule has 0 spiro atoms. The molecule has 6 heteroatoms. The molecule has 1 fully saturated rings. The molecular weight excluding hydrogens is 299 g/mol. The third kappa shape index (κ3) is 3.19. The number of benzene rings is 1. The predicted octanol–water partition coefficient (Wildman–Crippen LogP) is 2.83. The van der Waals surface area contributed by atoms with Crippen LogP contribution in [0.2, 0.25) is 10.0 Å². The summed E-state index contributed by atoms with van der Waals surface area (Å²) >= 11 is 12.0. The maximum atomic E-state index is 12.6. The van der Waals surface area contributed by atoms with Crippen LogP contribution in [-0.4, -0.2) is 44.1 Å². The van der Waals surface area contributed by atoms with Gasteiger partial charge in [0.2, 0.25) is 0 Å². The Bertz CT molecular complexity index is 508. The topological polar surface area (TPSA) is 41.6 Å². The highest BCUT2D eigenvalue weighted by Gasteiger charge is 2.26. The lowest BCUT2D eigenvalue weighted by Crippen LogP contribution is -2.47. The van der Waals surface area contributed by atoms with Crippen molar-refractivity contribution in [3.63, 3.8) is 0 Å². The first-order valence-corrected chi connectivity index (χ1v) is 7.32. The molecule has 1 heterocycles. The van der Waals surface area contributed by atoms with Crippen molar-refractivity contribution < 1.29 is 9.53 Å². The fourth-order valence-electron chi connectivity index (χ4n) is 2.43. The highest BCUT2D eigenvalue weighted by molar-refractivity contribution is 6.42. The Labute approximate surface area is 129 Å². The molecule has 0 bridgehead atoms. The Balaban J connectivity index is 2.26. The lowest BCUT2D eigenvalue weighted by Gasteiger charge is -2.33. The molecule has 1 aliphatic heterocycles. The minimum Gasteiger partial charge on any atom is -0.496 e. The van der Waals surface area contributed by atoms with Gasteiger partial charge in [0.15, 0.2) is 0 Å². The van der Waals surface area contributed by atoms with E-state index in [4.69, 9.17) is 27.9 Å². The Morgan fingerprint density at radius 2 is 2.10 bits per heavy atom. The number of hydrogen-bond donors (Lipinski definition) is 1. The summed E-state index contributed by atoms with van der Waals surface area (Å²) in [6.07, 6.45) is 2.07. The van der Waals surface area contributed by atoms with E-state index in [1.54, 1.807) is 12.1 Å². The van der Waals surface area contributed by atoms with Gasteiger partial charge >= 0.3 is 0 Å². The summed E-state index contributed by atoms with van der Waals surface area (Å²) in [6.45, 7) is 1.44. The van der Waals surface area contributed by atoms with E-state index in [0.717, 1.165) is 19.4 Å². The fourth-order valence-corrected chi connectivity index (χ4v) is 2.75. The predicted molar refractivity (Wildman–Crippen MR) is 81.0 cm³/mol. The molecule has 1 atom stereocenters. The molecule has 1 saturated heterocycles. The zero-order chi connectivity index (χ0) is 14.7. The summed E-state index contributed by atoms with van der Waals surface area (Å²) < 4.78 is 5.24. The van der Waals surface area contributed by atoms with Crippen molar-refractivity contribution in [1.29, 1.82) is 0 Å². The molecule has 1 aromatic carbocycles. The second kappa shape index (κ2) is 6.66. The van der Waals surface area contributed by atoms with Gasteiger partial charge in [0.05, 0.1) is 22.7 Å². The standard InChI is InChI=1S/C14H18Cl2N2O2/c1-17-9-4-3-5-18(8-9)14(19)10-6-11(15)12(16)7-13(10)20-2/h6-7,9,17H,3-5,8H2,1-2H3/t9-/m0/s1. The maximum Gasteiger partial charge on any atom is 0.257 e. The van der Waals surface area contributed by atoms with Crippen LogP contribution in [0.3, 0.4) is 0 Å². The van der Waals surface area contributed by atoms with Crippen LogP contribution in [0, 0.1) is 0 Å². The number of likely N-dealkylation sites (N-methyl/N-ethyl adjacent to an activating group) is 1. The van der Waals surface area contributed by atoms with Crippen LogP contribution >= 0.6 is 23.2 Å². The van der Waals surface area contributed by atoms with Crippen molar-refractivity contribution >= 4 is 29.1 Å². The minimum absolute atomic E-state index is 0.0691. The number of halogens is 2. The molecular formula is C14H18Cl2N2O2. The van der Waals surface area contributed by atoms with Crippen LogP contribution in [0.15, 0.2) is 12.1 Å². The Hall–Kier alpha value is -0.970. The van der Waals surface area contributed by atoms with Crippen molar-refractivity contribution in [2.45, 2.75) is 18.9 Å². The number of rotatable bonds is 3. The van der Waals surface area contributed by atoms with Gasteiger partial charge in [0, 0.05) is 25.2 Å². The van der Waals surface area contributed by atoms with E-state index >= 15 is 0 Å². The van der Waals surface area contributed by atoms with Crippen molar-refractivity contribution in [2.24, 2.45) is 0 Å². The number of carbonyl (C=O) groups is 1. The molecule has 1 aliphatic rings. The second-order valence-electron chi connectivity index (χ2n) is 4.85. The van der Waals surface area contributed by atoms with Gasteiger partial charge in [0.25, 0.3) is 5.91 Å². The summed E-state index contributed by atoms with van der Waals surface area (Å²) in [4.78, 5) is 14.4. The number of amides is 1. The SMILES string of the molecule is CN[C@H]1CCCN(C(=O)c2cc(Cl)c(Cl)cc2OC)C1.